The van der Waals surface area contributed by atoms with Gasteiger partial charge in [0.25, 0.3) is 0 Å². The maximum Gasteiger partial charge on any atom is 1.00 e. The van der Waals surface area contributed by atoms with Crippen molar-refractivity contribution in [2.45, 2.75) is 0 Å². The van der Waals surface area contributed by atoms with Gasteiger partial charge < -0.3 is 9.46 Å². The van der Waals surface area contributed by atoms with Gasteiger partial charge in [-0.2, -0.15) is 0 Å². The van der Waals surface area contributed by atoms with Gasteiger partial charge in [0.2, 0.25) is 0 Å². The van der Waals surface area contributed by atoms with E-state index in [9.17, 15) is 9.46 Å². The van der Waals surface area contributed by atoms with E-state index in [1.54, 1.807) is 30.3 Å². The standard InChI is InChI=1S/C6H7O2P.Cu/c7-9(8)6-4-2-1-3-5-6;/h1-5,9H,(H,7,8);/q;+1/p-1. The van der Waals surface area contributed by atoms with E-state index < -0.39 is 8.03 Å². The summed E-state index contributed by atoms with van der Waals surface area (Å²) >= 11 is 0. The van der Waals surface area contributed by atoms with Gasteiger partial charge in [-0.1, -0.05) is 30.3 Å². The quantitative estimate of drug-likeness (QED) is 0.483. The molecule has 0 saturated carbocycles. The van der Waals surface area contributed by atoms with Crippen LogP contribution in [-0.4, -0.2) is 0 Å². The van der Waals surface area contributed by atoms with Crippen LogP contribution >= 0.6 is 8.03 Å². The smallest absolute Gasteiger partial charge is 0.798 e. The van der Waals surface area contributed by atoms with Crippen molar-refractivity contribution in [3.63, 3.8) is 0 Å². The van der Waals surface area contributed by atoms with Crippen molar-refractivity contribution in [2.75, 3.05) is 0 Å². The van der Waals surface area contributed by atoms with E-state index in [1.807, 2.05) is 0 Å². The Morgan fingerprint density at radius 1 is 1.20 bits per heavy atom. The van der Waals surface area contributed by atoms with Crippen molar-refractivity contribution in [2.24, 2.45) is 0 Å². The Morgan fingerprint density at radius 2 is 1.70 bits per heavy atom. The van der Waals surface area contributed by atoms with Gasteiger partial charge in [-0.25, -0.2) is 0 Å². The summed E-state index contributed by atoms with van der Waals surface area (Å²) in [6, 6.07) is 8.35. The molecule has 2 nitrogen and oxygen atoms in total. The first kappa shape index (κ1) is 9.93. The second kappa shape index (κ2) is 4.70. The van der Waals surface area contributed by atoms with E-state index in [-0.39, 0.29) is 17.1 Å². The Bertz CT molecular complexity index is 212. The molecule has 1 unspecified atom stereocenters. The molecule has 0 heterocycles. The fourth-order valence-corrected chi connectivity index (χ4v) is 1.04. The van der Waals surface area contributed by atoms with Crippen LogP contribution in [0.15, 0.2) is 30.3 Å². The zero-order valence-electron chi connectivity index (χ0n) is 5.00. The maximum atomic E-state index is 10.3. The monoisotopic (exact) mass is 204 g/mol. The van der Waals surface area contributed by atoms with Gasteiger partial charge in [-0.05, 0) is 5.30 Å². The summed E-state index contributed by atoms with van der Waals surface area (Å²) in [6.07, 6.45) is 0. The van der Waals surface area contributed by atoms with Crippen LogP contribution in [0, 0.1) is 0 Å². The SMILES string of the molecule is O=[PH]([O-])c1ccccc1.[Cu+]. The molecule has 1 rings (SSSR count). The van der Waals surface area contributed by atoms with E-state index in [1.165, 1.54) is 0 Å². The van der Waals surface area contributed by atoms with Crippen molar-refractivity contribution in [3.05, 3.63) is 30.3 Å². The van der Waals surface area contributed by atoms with Crippen LogP contribution in [-0.2, 0) is 21.6 Å². The van der Waals surface area contributed by atoms with Crippen LogP contribution in [0.4, 0.5) is 0 Å². The summed E-state index contributed by atoms with van der Waals surface area (Å²) in [4.78, 5) is 10.3. The van der Waals surface area contributed by atoms with Gasteiger partial charge in [0.1, 0.15) is 0 Å². The first-order valence-electron chi connectivity index (χ1n) is 2.57. The molecule has 4 heteroatoms. The van der Waals surface area contributed by atoms with E-state index in [4.69, 9.17) is 0 Å². The van der Waals surface area contributed by atoms with E-state index in [0.29, 0.717) is 5.30 Å². The number of rotatable bonds is 1. The van der Waals surface area contributed by atoms with Crippen molar-refractivity contribution >= 4 is 13.3 Å². The third-order valence-corrected chi connectivity index (χ3v) is 1.81. The van der Waals surface area contributed by atoms with Crippen LogP contribution in [0.5, 0.6) is 0 Å². The molecule has 1 atom stereocenters. The summed E-state index contributed by atoms with van der Waals surface area (Å²) in [5, 5.41) is 0.405. The van der Waals surface area contributed by atoms with Gasteiger partial charge in [0, 0.05) is 8.03 Å². The molecule has 0 N–H and O–H groups in total. The summed E-state index contributed by atoms with van der Waals surface area (Å²) in [7, 11) is -2.71. The van der Waals surface area contributed by atoms with Gasteiger partial charge in [0.15, 0.2) is 0 Å². The molecular formula is C6H6CuO2P. The van der Waals surface area contributed by atoms with E-state index in [0.717, 1.165) is 0 Å². The number of hydrogen-bond acceptors (Lipinski definition) is 2. The van der Waals surface area contributed by atoms with Crippen LogP contribution < -0.4 is 10.2 Å². The van der Waals surface area contributed by atoms with Crippen LogP contribution in [0.25, 0.3) is 0 Å². The number of hydrogen-bond donors (Lipinski definition) is 0. The van der Waals surface area contributed by atoms with Crippen LogP contribution in [0.3, 0.4) is 0 Å². The van der Waals surface area contributed by atoms with Crippen LogP contribution in [0.1, 0.15) is 0 Å². The Hall–Kier alpha value is -0.0705. The Morgan fingerprint density at radius 3 is 2.00 bits per heavy atom. The molecule has 58 valence electrons. The largest absolute Gasteiger partial charge is 1.00 e. The minimum Gasteiger partial charge on any atom is -0.798 e. The summed E-state index contributed by atoms with van der Waals surface area (Å²) in [5.41, 5.74) is 0. The molecule has 0 radical (unpaired) electrons. The Kier molecular flexibility index (Phi) is 4.67. The average molecular weight is 205 g/mol. The second-order valence-electron chi connectivity index (χ2n) is 1.65. The van der Waals surface area contributed by atoms with Crippen molar-refractivity contribution < 1.29 is 26.5 Å². The minimum atomic E-state index is -2.71. The summed E-state index contributed by atoms with van der Waals surface area (Å²) < 4.78 is 10.3. The minimum absolute atomic E-state index is 0. The predicted octanol–water partition coefficient (Wildman–Crippen LogP) is 0.144. The molecule has 0 aliphatic rings. The summed E-state index contributed by atoms with van der Waals surface area (Å²) in [6.45, 7) is 0. The predicted molar refractivity (Wildman–Crippen MR) is 35.1 cm³/mol. The zero-order chi connectivity index (χ0) is 6.69. The maximum absolute atomic E-state index is 10.3. The topological polar surface area (TPSA) is 40.1 Å². The normalized spacial score (nSPS) is 11.7. The fraction of sp³-hybridized carbons (Fsp3) is 0. The number of benzene rings is 1. The first-order valence-corrected chi connectivity index (χ1v) is 3.89. The first-order chi connectivity index (χ1) is 4.30. The molecular weight excluding hydrogens is 199 g/mol. The molecule has 0 aliphatic heterocycles. The average Bonchev–Trinajstić information content (AvgIpc) is 1.90. The second-order valence-corrected chi connectivity index (χ2v) is 2.81. The summed E-state index contributed by atoms with van der Waals surface area (Å²) in [5.74, 6) is 0. The molecule has 0 fully saturated rings. The molecule has 0 bridgehead atoms. The zero-order valence-corrected chi connectivity index (χ0v) is 6.95. The Balaban J connectivity index is 0.000000810. The van der Waals surface area contributed by atoms with Gasteiger partial charge >= 0.3 is 17.1 Å². The fourth-order valence-electron chi connectivity index (χ4n) is 0.574. The van der Waals surface area contributed by atoms with Gasteiger partial charge in [-0.3, -0.25) is 0 Å². The molecule has 0 aromatic heterocycles. The molecule has 1 aromatic rings. The van der Waals surface area contributed by atoms with Gasteiger partial charge in [0.05, 0.1) is 0 Å². The molecule has 0 saturated heterocycles. The van der Waals surface area contributed by atoms with E-state index >= 15 is 0 Å². The van der Waals surface area contributed by atoms with Crippen molar-refractivity contribution in [1.82, 2.24) is 0 Å². The van der Waals surface area contributed by atoms with E-state index in [2.05, 4.69) is 0 Å². The van der Waals surface area contributed by atoms with Crippen molar-refractivity contribution in [3.8, 4) is 0 Å². The third-order valence-electron chi connectivity index (χ3n) is 1.01. The van der Waals surface area contributed by atoms with Gasteiger partial charge in [-0.15, -0.1) is 0 Å². The third kappa shape index (κ3) is 2.68. The van der Waals surface area contributed by atoms with Crippen LogP contribution in [0.2, 0.25) is 0 Å². The molecule has 0 amide bonds. The Labute approximate surface area is 70.6 Å². The van der Waals surface area contributed by atoms with Crippen molar-refractivity contribution in [1.29, 1.82) is 0 Å². The molecule has 10 heavy (non-hydrogen) atoms. The molecule has 1 aromatic carbocycles. The molecule has 0 spiro atoms. The molecule has 0 aliphatic carbocycles.